The summed E-state index contributed by atoms with van der Waals surface area (Å²) in [7, 11) is 0. The zero-order chi connectivity index (χ0) is 25.5. The van der Waals surface area contributed by atoms with Crippen molar-refractivity contribution < 1.29 is 9.90 Å². The lowest BCUT2D eigenvalue weighted by Gasteiger charge is -2.25. The standard InChI is InChI=1S/C32H24O2.C2H6/c1-22-27(23-14-6-2-7-15-23)29(24-16-8-3-9-17-24)31(26-20-12-5-13-21-26)30(28(22)32(33)34)25-18-10-4-11-19-25;1-2/h2-21H,1H3,(H,33,34);1-2H3. The molecule has 5 aromatic rings. The quantitative estimate of drug-likeness (QED) is 0.278. The Hall–Kier alpha value is -4.43. The van der Waals surface area contributed by atoms with Gasteiger partial charge in [-0.15, -0.1) is 0 Å². The molecule has 1 N–H and O–H groups in total. The first-order valence-electron chi connectivity index (χ1n) is 12.3. The lowest BCUT2D eigenvalue weighted by Crippen LogP contribution is -2.08. The van der Waals surface area contributed by atoms with Crippen LogP contribution in [-0.4, -0.2) is 11.1 Å². The fourth-order valence-corrected chi connectivity index (χ4v) is 4.79. The first-order valence-corrected chi connectivity index (χ1v) is 12.3. The Morgan fingerprint density at radius 3 is 1.08 bits per heavy atom. The Morgan fingerprint density at radius 1 is 0.472 bits per heavy atom. The van der Waals surface area contributed by atoms with Crippen LogP contribution < -0.4 is 0 Å². The van der Waals surface area contributed by atoms with Crippen LogP contribution in [0.2, 0.25) is 0 Å². The molecule has 2 heteroatoms. The van der Waals surface area contributed by atoms with Crippen molar-refractivity contribution in [3.63, 3.8) is 0 Å². The van der Waals surface area contributed by atoms with Crippen LogP contribution in [0.15, 0.2) is 121 Å². The summed E-state index contributed by atoms with van der Waals surface area (Å²) in [5.74, 6) is -0.926. The van der Waals surface area contributed by atoms with Crippen molar-refractivity contribution in [1.29, 1.82) is 0 Å². The summed E-state index contributed by atoms with van der Waals surface area (Å²) in [6.45, 7) is 5.93. The minimum atomic E-state index is -0.926. The molecule has 5 aromatic carbocycles. The average Bonchev–Trinajstić information content (AvgIpc) is 2.95. The van der Waals surface area contributed by atoms with E-state index in [1.54, 1.807) is 0 Å². The van der Waals surface area contributed by atoms with Gasteiger partial charge in [-0.05, 0) is 51.4 Å². The second kappa shape index (κ2) is 11.3. The number of carbonyl (C=O) groups is 1. The molecule has 0 aliphatic rings. The first-order chi connectivity index (χ1) is 17.7. The van der Waals surface area contributed by atoms with Crippen molar-refractivity contribution in [2.24, 2.45) is 0 Å². The molecule has 0 radical (unpaired) electrons. The highest BCUT2D eigenvalue weighted by Gasteiger charge is 2.28. The van der Waals surface area contributed by atoms with Gasteiger partial charge in [0, 0.05) is 5.56 Å². The Bertz CT molecular complexity index is 1440. The van der Waals surface area contributed by atoms with E-state index in [1.165, 1.54) is 0 Å². The molecular weight excluding hydrogens is 440 g/mol. The first kappa shape index (κ1) is 24.7. The van der Waals surface area contributed by atoms with Gasteiger partial charge < -0.3 is 5.11 Å². The topological polar surface area (TPSA) is 37.3 Å². The zero-order valence-electron chi connectivity index (χ0n) is 20.9. The van der Waals surface area contributed by atoms with Crippen molar-refractivity contribution >= 4 is 5.97 Å². The van der Waals surface area contributed by atoms with Crippen molar-refractivity contribution in [2.45, 2.75) is 20.8 Å². The molecule has 0 aromatic heterocycles. The number of carboxylic acid groups (broad SMARTS) is 1. The number of benzene rings is 5. The third-order valence-electron chi connectivity index (χ3n) is 6.21. The number of hydrogen-bond acceptors (Lipinski definition) is 1. The van der Waals surface area contributed by atoms with Gasteiger partial charge >= 0.3 is 5.97 Å². The van der Waals surface area contributed by atoms with E-state index >= 15 is 0 Å². The Kier molecular flexibility index (Phi) is 7.77. The van der Waals surface area contributed by atoms with Gasteiger partial charge in [-0.25, -0.2) is 4.79 Å². The summed E-state index contributed by atoms with van der Waals surface area (Å²) < 4.78 is 0. The molecule has 0 heterocycles. The third-order valence-corrected chi connectivity index (χ3v) is 6.21. The van der Waals surface area contributed by atoms with Crippen LogP contribution in [0.1, 0.15) is 29.8 Å². The largest absolute Gasteiger partial charge is 0.478 e. The van der Waals surface area contributed by atoms with E-state index in [9.17, 15) is 9.90 Å². The fourth-order valence-electron chi connectivity index (χ4n) is 4.79. The maximum atomic E-state index is 12.8. The SMILES string of the molecule is CC.Cc1c(C(=O)O)c(-c2ccccc2)c(-c2ccccc2)c(-c2ccccc2)c1-c1ccccc1. The summed E-state index contributed by atoms with van der Waals surface area (Å²) in [6, 6.07) is 40.3. The van der Waals surface area contributed by atoms with Gasteiger partial charge in [-0.1, -0.05) is 135 Å². The van der Waals surface area contributed by atoms with Gasteiger partial charge in [0.15, 0.2) is 0 Å². The summed E-state index contributed by atoms with van der Waals surface area (Å²) in [6.07, 6.45) is 0. The average molecular weight is 471 g/mol. The molecule has 0 atom stereocenters. The molecule has 0 saturated carbocycles. The van der Waals surface area contributed by atoms with Gasteiger partial charge in [0.2, 0.25) is 0 Å². The molecule has 0 unspecified atom stereocenters. The monoisotopic (exact) mass is 470 g/mol. The van der Waals surface area contributed by atoms with Gasteiger partial charge in [0.05, 0.1) is 5.56 Å². The van der Waals surface area contributed by atoms with E-state index in [4.69, 9.17) is 0 Å². The molecule has 0 fully saturated rings. The Balaban J connectivity index is 0.00000148. The Morgan fingerprint density at radius 2 is 0.750 bits per heavy atom. The van der Waals surface area contributed by atoms with Crippen LogP contribution in [0.5, 0.6) is 0 Å². The number of hydrogen-bond donors (Lipinski definition) is 1. The highest BCUT2D eigenvalue weighted by molar-refractivity contribution is 6.11. The van der Waals surface area contributed by atoms with E-state index in [0.29, 0.717) is 5.56 Å². The van der Waals surface area contributed by atoms with Gasteiger partial charge in [-0.3, -0.25) is 0 Å². The number of rotatable bonds is 5. The van der Waals surface area contributed by atoms with E-state index in [0.717, 1.165) is 50.1 Å². The summed E-state index contributed by atoms with van der Waals surface area (Å²) >= 11 is 0. The molecule has 178 valence electrons. The van der Waals surface area contributed by atoms with Crippen molar-refractivity contribution in [3.05, 3.63) is 132 Å². The second-order valence-electron chi connectivity index (χ2n) is 8.27. The maximum absolute atomic E-state index is 12.8. The van der Waals surface area contributed by atoms with Crippen LogP contribution in [0.25, 0.3) is 44.5 Å². The van der Waals surface area contributed by atoms with Gasteiger partial charge in [0.1, 0.15) is 0 Å². The predicted molar refractivity (Wildman–Crippen MR) is 151 cm³/mol. The highest BCUT2D eigenvalue weighted by Crippen LogP contribution is 2.49. The molecule has 0 aliphatic carbocycles. The number of aromatic carboxylic acids is 1. The lowest BCUT2D eigenvalue weighted by molar-refractivity contribution is 0.0697. The van der Waals surface area contributed by atoms with Crippen molar-refractivity contribution in [2.75, 3.05) is 0 Å². The normalized spacial score (nSPS) is 10.3. The van der Waals surface area contributed by atoms with Crippen LogP contribution in [0.4, 0.5) is 0 Å². The highest BCUT2D eigenvalue weighted by atomic mass is 16.4. The van der Waals surface area contributed by atoms with E-state index < -0.39 is 5.97 Å². The molecule has 0 bridgehead atoms. The minimum absolute atomic E-state index is 0.337. The van der Waals surface area contributed by atoms with Gasteiger partial charge in [0.25, 0.3) is 0 Å². The van der Waals surface area contributed by atoms with Crippen LogP contribution in [0, 0.1) is 6.92 Å². The molecule has 5 rings (SSSR count). The van der Waals surface area contributed by atoms with E-state index in [2.05, 4.69) is 36.4 Å². The zero-order valence-corrected chi connectivity index (χ0v) is 20.9. The van der Waals surface area contributed by atoms with Crippen molar-refractivity contribution in [3.8, 4) is 44.5 Å². The smallest absolute Gasteiger partial charge is 0.336 e. The molecular formula is C34H30O2. The second-order valence-corrected chi connectivity index (χ2v) is 8.27. The fraction of sp³-hybridized carbons (Fsp3) is 0.0882. The molecule has 2 nitrogen and oxygen atoms in total. The number of carboxylic acids is 1. The summed E-state index contributed by atoms with van der Waals surface area (Å²) in [5.41, 5.74) is 8.69. The molecule has 0 aliphatic heterocycles. The van der Waals surface area contributed by atoms with Crippen molar-refractivity contribution in [1.82, 2.24) is 0 Å². The van der Waals surface area contributed by atoms with Crippen LogP contribution in [0.3, 0.4) is 0 Å². The molecule has 0 spiro atoms. The third kappa shape index (κ3) is 4.71. The lowest BCUT2D eigenvalue weighted by atomic mass is 9.77. The van der Waals surface area contributed by atoms with Gasteiger partial charge in [-0.2, -0.15) is 0 Å². The van der Waals surface area contributed by atoms with Crippen LogP contribution in [-0.2, 0) is 0 Å². The van der Waals surface area contributed by atoms with Crippen LogP contribution >= 0.6 is 0 Å². The van der Waals surface area contributed by atoms with E-state index in [-0.39, 0.29) is 0 Å². The maximum Gasteiger partial charge on any atom is 0.336 e. The Labute approximate surface area is 213 Å². The molecule has 0 saturated heterocycles. The predicted octanol–water partition coefficient (Wildman–Crippen LogP) is 9.39. The minimum Gasteiger partial charge on any atom is -0.478 e. The molecule has 36 heavy (non-hydrogen) atoms. The summed E-state index contributed by atoms with van der Waals surface area (Å²) in [4.78, 5) is 12.8. The molecule has 0 amide bonds. The van der Waals surface area contributed by atoms with E-state index in [1.807, 2.05) is 106 Å². The summed E-state index contributed by atoms with van der Waals surface area (Å²) in [5, 5.41) is 10.5.